The lowest BCUT2D eigenvalue weighted by molar-refractivity contribution is 0.0970. The van der Waals surface area contributed by atoms with E-state index in [0.717, 1.165) is 24.8 Å². The first-order valence-electron chi connectivity index (χ1n) is 7.01. The summed E-state index contributed by atoms with van der Waals surface area (Å²) in [6, 6.07) is 0.664. The Morgan fingerprint density at radius 3 is 2.65 bits per heavy atom. The van der Waals surface area contributed by atoms with Crippen LogP contribution in [-0.4, -0.2) is 10.4 Å². The van der Waals surface area contributed by atoms with Gasteiger partial charge in [0, 0.05) is 29.9 Å². The summed E-state index contributed by atoms with van der Waals surface area (Å²) >= 11 is 0. The Kier molecular flexibility index (Phi) is 2.81. The molecule has 0 radical (unpaired) electrons. The molecule has 1 fully saturated rings. The maximum absolute atomic E-state index is 12.0. The zero-order valence-electron chi connectivity index (χ0n) is 10.7. The lowest BCUT2D eigenvalue weighted by Gasteiger charge is -2.26. The van der Waals surface area contributed by atoms with Crippen LogP contribution in [-0.2, 0) is 6.42 Å². The molecule has 1 saturated carbocycles. The molecule has 0 saturated heterocycles. The minimum Gasteiger partial charge on any atom is -0.347 e. The van der Waals surface area contributed by atoms with Gasteiger partial charge in [-0.2, -0.15) is 0 Å². The van der Waals surface area contributed by atoms with Crippen molar-refractivity contribution < 1.29 is 4.79 Å². The summed E-state index contributed by atoms with van der Waals surface area (Å²) in [5.41, 5.74) is 3.60. The molecule has 3 rings (SSSR count). The number of carbonyl (C=O) groups excluding carboxylic acids is 1. The Balaban J connectivity index is 2.00. The van der Waals surface area contributed by atoms with Gasteiger partial charge in [0.15, 0.2) is 5.78 Å². The topological polar surface area (TPSA) is 22.0 Å². The van der Waals surface area contributed by atoms with Crippen molar-refractivity contribution in [1.29, 1.82) is 0 Å². The first-order chi connectivity index (χ1) is 8.27. The van der Waals surface area contributed by atoms with Gasteiger partial charge in [-0.1, -0.05) is 19.3 Å². The number of aryl methyl sites for hydroxylation is 1. The van der Waals surface area contributed by atoms with E-state index in [9.17, 15) is 4.79 Å². The second kappa shape index (κ2) is 4.32. The van der Waals surface area contributed by atoms with Gasteiger partial charge in [0.1, 0.15) is 0 Å². The van der Waals surface area contributed by atoms with E-state index >= 15 is 0 Å². The molecule has 1 aromatic rings. The number of carbonyl (C=O) groups is 1. The zero-order valence-corrected chi connectivity index (χ0v) is 10.7. The van der Waals surface area contributed by atoms with Crippen LogP contribution in [0, 0.1) is 6.92 Å². The number of Topliss-reactive ketones (excluding diaryl/α,β-unsaturated/α-hetero) is 1. The van der Waals surface area contributed by atoms with Crippen molar-refractivity contribution in [3.63, 3.8) is 0 Å². The third-order valence-corrected chi connectivity index (χ3v) is 4.39. The summed E-state index contributed by atoms with van der Waals surface area (Å²) in [6.07, 6.45) is 11.8. The van der Waals surface area contributed by atoms with E-state index in [1.165, 1.54) is 43.4 Å². The molecule has 2 nitrogen and oxygen atoms in total. The van der Waals surface area contributed by atoms with E-state index in [0.29, 0.717) is 11.8 Å². The van der Waals surface area contributed by atoms with Crippen LogP contribution in [0.3, 0.4) is 0 Å². The second-order valence-electron chi connectivity index (χ2n) is 5.61. The predicted octanol–water partition coefficient (Wildman–Crippen LogP) is 3.82. The largest absolute Gasteiger partial charge is 0.347 e. The fraction of sp³-hybridized carbons (Fsp3) is 0.667. The Morgan fingerprint density at radius 2 is 1.88 bits per heavy atom. The number of fused-ring (bicyclic) bond motifs is 1. The lowest BCUT2D eigenvalue weighted by atomic mass is 9.92. The fourth-order valence-electron chi connectivity index (χ4n) is 3.57. The molecule has 0 bridgehead atoms. The summed E-state index contributed by atoms with van der Waals surface area (Å²) < 4.78 is 2.45. The summed E-state index contributed by atoms with van der Waals surface area (Å²) in [5, 5.41) is 0. The van der Waals surface area contributed by atoms with Crippen molar-refractivity contribution in [2.45, 2.75) is 64.3 Å². The van der Waals surface area contributed by atoms with E-state index in [1.807, 2.05) is 0 Å². The van der Waals surface area contributed by atoms with Gasteiger partial charge in [-0.3, -0.25) is 4.79 Å². The maximum atomic E-state index is 12.0. The molecule has 0 unspecified atom stereocenters. The quantitative estimate of drug-likeness (QED) is 0.720. The lowest BCUT2D eigenvalue weighted by Crippen LogP contribution is -2.18. The third-order valence-electron chi connectivity index (χ3n) is 4.39. The van der Waals surface area contributed by atoms with Crippen molar-refractivity contribution in [1.82, 2.24) is 4.57 Å². The molecule has 0 amide bonds. The number of hydrogen-bond acceptors (Lipinski definition) is 1. The highest BCUT2D eigenvalue weighted by Crippen LogP contribution is 2.34. The van der Waals surface area contributed by atoms with Gasteiger partial charge in [-0.15, -0.1) is 0 Å². The monoisotopic (exact) mass is 231 g/mol. The third kappa shape index (κ3) is 1.84. The summed E-state index contributed by atoms with van der Waals surface area (Å²) in [6.45, 7) is 2.10. The number of nitrogens with zero attached hydrogens (tertiary/aromatic N) is 1. The van der Waals surface area contributed by atoms with Crippen molar-refractivity contribution in [3.8, 4) is 0 Å². The van der Waals surface area contributed by atoms with Gasteiger partial charge in [-0.25, -0.2) is 0 Å². The van der Waals surface area contributed by atoms with E-state index < -0.39 is 0 Å². The van der Waals surface area contributed by atoms with Crippen LogP contribution in [0.1, 0.15) is 72.6 Å². The molecular formula is C15H21NO. The van der Waals surface area contributed by atoms with Gasteiger partial charge in [0.05, 0.1) is 0 Å². The molecule has 17 heavy (non-hydrogen) atoms. The first-order valence-corrected chi connectivity index (χ1v) is 7.01. The highest BCUT2D eigenvalue weighted by molar-refractivity contribution is 5.99. The Bertz CT molecular complexity index is 438. The molecule has 0 N–H and O–H groups in total. The molecule has 2 heteroatoms. The van der Waals surface area contributed by atoms with Gasteiger partial charge in [-0.05, 0) is 38.2 Å². The number of ketones is 1. The molecule has 2 aliphatic carbocycles. The molecule has 0 aliphatic heterocycles. The summed E-state index contributed by atoms with van der Waals surface area (Å²) in [4.78, 5) is 12.0. The van der Waals surface area contributed by atoms with E-state index in [4.69, 9.17) is 0 Å². The number of hydrogen-bond donors (Lipinski definition) is 0. The summed E-state index contributed by atoms with van der Waals surface area (Å²) in [5.74, 6) is 0.373. The molecule has 0 spiro atoms. The molecule has 1 heterocycles. The predicted molar refractivity (Wildman–Crippen MR) is 68.6 cm³/mol. The molecule has 2 aliphatic rings. The summed E-state index contributed by atoms with van der Waals surface area (Å²) in [7, 11) is 0. The average molecular weight is 231 g/mol. The number of rotatable bonds is 1. The first kappa shape index (κ1) is 11.1. The van der Waals surface area contributed by atoms with E-state index in [-0.39, 0.29) is 0 Å². The van der Waals surface area contributed by atoms with Crippen LogP contribution >= 0.6 is 0 Å². The van der Waals surface area contributed by atoms with Crippen LogP contribution in [0.25, 0.3) is 0 Å². The van der Waals surface area contributed by atoms with Gasteiger partial charge in [0.2, 0.25) is 0 Å². The highest BCUT2D eigenvalue weighted by atomic mass is 16.1. The smallest absolute Gasteiger partial charge is 0.164 e. The van der Waals surface area contributed by atoms with E-state index in [1.54, 1.807) is 0 Å². The Hall–Kier alpha value is -1.05. The second-order valence-corrected chi connectivity index (χ2v) is 5.61. The van der Waals surface area contributed by atoms with Crippen LogP contribution in [0.5, 0.6) is 0 Å². The van der Waals surface area contributed by atoms with Gasteiger partial charge in [0.25, 0.3) is 0 Å². The maximum Gasteiger partial charge on any atom is 0.164 e. The fourth-order valence-corrected chi connectivity index (χ4v) is 3.57. The van der Waals surface area contributed by atoms with Crippen LogP contribution < -0.4 is 0 Å². The minimum absolute atomic E-state index is 0.373. The van der Waals surface area contributed by atoms with E-state index in [2.05, 4.69) is 17.7 Å². The van der Waals surface area contributed by atoms with Crippen molar-refractivity contribution in [3.05, 3.63) is 23.0 Å². The Morgan fingerprint density at radius 1 is 1.12 bits per heavy atom. The molecule has 0 aromatic carbocycles. The molecule has 1 aromatic heterocycles. The van der Waals surface area contributed by atoms with Gasteiger partial charge >= 0.3 is 0 Å². The van der Waals surface area contributed by atoms with Crippen LogP contribution in [0.4, 0.5) is 0 Å². The SMILES string of the molecule is Cc1cn(C2CCCCC2)c2c1C(=O)CCC2. The standard InChI is InChI=1S/C15H21NO/c1-11-10-16(12-6-3-2-4-7-12)13-8-5-9-14(17)15(11)13/h10,12H,2-9H2,1H3. The minimum atomic E-state index is 0.373. The average Bonchev–Trinajstić information content (AvgIpc) is 2.69. The van der Waals surface area contributed by atoms with Gasteiger partial charge < -0.3 is 4.57 Å². The number of aromatic nitrogens is 1. The molecular weight excluding hydrogens is 210 g/mol. The molecule has 92 valence electrons. The van der Waals surface area contributed by atoms with Crippen molar-refractivity contribution in [2.75, 3.05) is 0 Å². The van der Waals surface area contributed by atoms with Crippen molar-refractivity contribution >= 4 is 5.78 Å². The molecule has 0 atom stereocenters. The Labute approximate surface area is 103 Å². The zero-order chi connectivity index (χ0) is 11.8. The highest BCUT2D eigenvalue weighted by Gasteiger charge is 2.26. The van der Waals surface area contributed by atoms with Crippen LogP contribution in [0.15, 0.2) is 6.20 Å². The van der Waals surface area contributed by atoms with Crippen molar-refractivity contribution in [2.24, 2.45) is 0 Å². The normalized spacial score (nSPS) is 21.6. The van der Waals surface area contributed by atoms with Crippen LogP contribution in [0.2, 0.25) is 0 Å².